The van der Waals surface area contributed by atoms with Gasteiger partial charge in [-0.15, -0.1) is 0 Å². The highest BCUT2D eigenvalue weighted by Crippen LogP contribution is 2.38. The number of hydrogen-bond donors (Lipinski definition) is 1. The van der Waals surface area contributed by atoms with Gasteiger partial charge >= 0.3 is 0 Å². The molecule has 6 nitrogen and oxygen atoms in total. The number of rotatable bonds is 12. The van der Waals surface area contributed by atoms with Gasteiger partial charge < -0.3 is 14.2 Å². The molecule has 0 bridgehead atoms. The number of carbonyl (C=O) groups is 1. The van der Waals surface area contributed by atoms with E-state index < -0.39 is 0 Å². The Hall–Kier alpha value is -2.24. The van der Waals surface area contributed by atoms with Crippen LogP contribution in [0.25, 0.3) is 0 Å². The highest BCUT2D eigenvalue weighted by molar-refractivity contribution is 5.87. The van der Waals surface area contributed by atoms with Crippen molar-refractivity contribution in [3.63, 3.8) is 0 Å². The summed E-state index contributed by atoms with van der Waals surface area (Å²) in [6, 6.07) is 3.56. The lowest BCUT2D eigenvalue weighted by atomic mass is 10.1. The van der Waals surface area contributed by atoms with Gasteiger partial charge in [0.15, 0.2) is 11.5 Å². The molecule has 0 spiro atoms. The number of benzene rings is 1. The summed E-state index contributed by atoms with van der Waals surface area (Å²) in [5.41, 5.74) is 3.25. The first-order valence-electron chi connectivity index (χ1n) is 8.78. The molecular formula is C19H30N2O4. The summed E-state index contributed by atoms with van der Waals surface area (Å²) >= 11 is 0. The third kappa shape index (κ3) is 7.03. The Bertz CT molecular complexity index is 559. The molecule has 1 amide bonds. The predicted molar refractivity (Wildman–Crippen MR) is 99.8 cm³/mol. The predicted octanol–water partition coefficient (Wildman–Crippen LogP) is 3.91. The van der Waals surface area contributed by atoms with Crippen LogP contribution in [0.15, 0.2) is 17.2 Å². The lowest BCUT2D eigenvalue weighted by Crippen LogP contribution is -2.17. The van der Waals surface area contributed by atoms with Crippen LogP contribution in [0, 0.1) is 0 Å². The van der Waals surface area contributed by atoms with E-state index in [1.54, 1.807) is 39.7 Å². The summed E-state index contributed by atoms with van der Waals surface area (Å²) in [7, 11) is 4.66. The van der Waals surface area contributed by atoms with Gasteiger partial charge in [0.2, 0.25) is 11.7 Å². The van der Waals surface area contributed by atoms with Crippen molar-refractivity contribution in [3.8, 4) is 17.2 Å². The molecule has 0 radical (unpaired) electrons. The monoisotopic (exact) mass is 350 g/mol. The van der Waals surface area contributed by atoms with Crippen molar-refractivity contribution >= 4 is 12.1 Å². The summed E-state index contributed by atoms with van der Waals surface area (Å²) in [5, 5.41) is 4.01. The minimum Gasteiger partial charge on any atom is -0.493 e. The van der Waals surface area contributed by atoms with Crippen molar-refractivity contribution < 1.29 is 19.0 Å². The van der Waals surface area contributed by atoms with Crippen molar-refractivity contribution in [1.82, 2.24) is 5.43 Å². The maximum absolute atomic E-state index is 11.8. The van der Waals surface area contributed by atoms with E-state index in [-0.39, 0.29) is 5.91 Å². The molecule has 0 saturated carbocycles. The van der Waals surface area contributed by atoms with Crippen LogP contribution in [0.4, 0.5) is 0 Å². The SMILES string of the molecule is CCCCCCCCC(=O)N/N=C/c1ccc(OC)c(OC)c1OC. The van der Waals surface area contributed by atoms with Crippen LogP contribution in [-0.2, 0) is 4.79 Å². The first kappa shape index (κ1) is 20.8. The summed E-state index contributed by atoms with van der Waals surface area (Å²) in [5.74, 6) is 1.50. The van der Waals surface area contributed by atoms with Gasteiger partial charge in [-0.25, -0.2) is 5.43 Å². The molecular weight excluding hydrogens is 320 g/mol. The Balaban J connectivity index is 2.51. The van der Waals surface area contributed by atoms with Crippen molar-refractivity contribution in [2.24, 2.45) is 5.10 Å². The van der Waals surface area contributed by atoms with Crippen LogP contribution in [0.1, 0.15) is 57.4 Å². The smallest absolute Gasteiger partial charge is 0.240 e. The maximum atomic E-state index is 11.8. The molecule has 0 fully saturated rings. The number of hydrogen-bond acceptors (Lipinski definition) is 5. The number of nitrogens with zero attached hydrogens (tertiary/aromatic N) is 1. The van der Waals surface area contributed by atoms with Gasteiger partial charge in [-0.1, -0.05) is 39.0 Å². The van der Waals surface area contributed by atoms with Crippen molar-refractivity contribution in [1.29, 1.82) is 0 Å². The van der Waals surface area contributed by atoms with Crippen LogP contribution in [0.2, 0.25) is 0 Å². The Morgan fingerprint density at radius 3 is 2.32 bits per heavy atom. The zero-order valence-corrected chi connectivity index (χ0v) is 15.8. The van der Waals surface area contributed by atoms with Crippen LogP contribution < -0.4 is 19.6 Å². The average molecular weight is 350 g/mol. The zero-order chi connectivity index (χ0) is 18.5. The van der Waals surface area contributed by atoms with Gasteiger partial charge in [0.25, 0.3) is 0 Å². The summed E-state index contributed by atoms with van der Waals surface area (Å²) in [4.78, 5) is 11.8. The van der Waals surface area contributed by atoms with Gasteiger partial charge in [-0.3, -0.25) is 4.79 Å². The molecule has 0 heterocycles. The van der Waals surface area contributed by atoms with Crippen LogP contribution >= 0.6 is 0 Å². The number of hydrazone groups is 1. The molecule has 1 aromatic rings. The van der Waals surface area contributed by atoms with Crippen molar-refractivity contribution in [3.05, 3.63) is 17.7 Å². The number of amides is 1. The number of nitrogens with one attached hydrogen (secondary N) is 1. The Morgan fingerprint density at radius 2 is 1.68 bits per heavy atom. The minimum absolute atomic E-state index is 0.0776. The standard InChI is InChI=1S/C19H30N2O4/c1-5-6-7-8-9-10-11-17(22)21-20-14-15-12-13-16(23-2)19(25-4)18(15)24-3/h12-14H,5-11H2,1-4H3,(H,21,22)/b20-14+. The van der Waals surface area contributed by atoms with Gasteiger partial charge in [0.05, 0.1) is 27.5 Å². The average Bonchev–Trinajstić information content (AvgIpc) is 2.63. The Morgan fingerprint density at radius 1 is 1.00 bits per heavy atom. The number of carbonyl (C=O) groups excluding carboxylic acids is 1. The zero-order valence-electron chi connectivity index (χ0n) is 15.8. The van der Waals surface area contributed by atoms with Crippen LogP contribution in [0.5, 0.6) is 17.2 Å². The van der Waals surface area contributed by atoms with Crippen molar-refractivity contribution in [2.45, 2.75) is 51.9 Å². The second kappa shape index (κ2) is 12.2. The summed E-state index contributed by atoms with van der Waals surface area (Å²) in [6.45, 7) is 2.19. The van der Waals surface area contributed by atoms with Crippen LogP contribution in [0.3, 0.4) is 0 Å². The Labute approximate surface area is 150 Å². The molecule has 1 aromatic carbocycles. The molecule has 0 unspecified atom stereocenters. The van der Waals surface area contributed by atoms with E-state index >= 15 is 0 Å². The molecule has 0 aliphatic carbocycles. The fourth-order valence-electron chi connectivity index (χ4n) is 2.52. The molecule has 0 aromatic heterocycles. The third-order valence-electron chi connectivity index (χ3n) is 3.88. The molecule has 1 N–H and O–H groups in total. The van der Waals surface area contributed by atoms with E-state index in [2.05, 4.69) is 17.5 Å². The fourth-order valence-corrected chi connectivity index (χ4v) is 2.52. The van der Waals surface area contributed by atoms with E-state index in [1.165, 1.54) is 25.7 Å². The minimum atomic E-state index is -0.0776. The first-order chi connectivity index (χ1) is 12.2. The number of methoxy groups -OCH3 is 3. The summed E-state index contributed by atoms with van der Waals surface area (Å²) < 4.78 is 15.9. The van der Waals surface area contributed by atoms with E-state index in [9.17, 15) is 4.79 Å². The molecule has 25 heavy (non-hydrogen) atoms. The Kier molecular flexibility index (Phi) is 10.1. The van der Waals surface area contributed by atoms with E-state index in [0.717, 1.165) is 12.8 Å². The molecule has 0 aliphatic rings. The second-order valence-electron chi connectivity index (χ2n) is 5.73. The van der Waals surface area contributed by atoms with Gasteiger partial charge in [0, 0.05) is 12.0 Å². The fraction of sp³-hybridized carbons (Fsp3) is 0.579. The highest BCUT2D eigenvalue weighted by Gasteiger charge is 2.14. The van der Waals surface area contributed by atoms with Crippen molar-refractivity contribution in [2.75, 3.05) is 21.3 Å². The molecule has 0 atom stereocenters. The second-order valence-corrected chi connectivity index (χ2v) is 5.73. The third-order valence-corrected chi connectivity index (χ3v) is 3.88. The lowest BCUT2D eigenvalue weighted by Gasteiger charge is -2.13. The van der Waals surface area contributed by atoms with E-state index in [4.69, 9.17) is 14.2 Å². The molecule has 140 valence electrons. The summed E-state index contributed by atoms with van der Waals surface area (Å²) in [6.07, 6.45) is 8.94. The quantitative estimate of drug-likeness (QED) is 0.352. The van der Waals surface area contributed by atoms with Gasteiger partial charge in [-0.2, -0.15) is 5.10 Å². The molecule has 6 heteroatoms. The number of unbranched alkanes of at least 4 members (excludes halogenated alkanes) is 5. The van der Waals surface area contributed by atoms with Gasteiger partial charge in [-0.05, 0) is 18.6 Å². The van der Waals surface area contributed by atoms with Gasteiger partial charge in [0.1, 0.15) is 0 Å². The largest absolute Gasteiger partial charge is 0.493 e. The topological polar surface area (TPSA) is 69.2 Å². The maximum Gasteiger partial charge on any atom is 0.240 e. The lowest BCUT2D eigenvalue weighted by molar-refractivity contribution is -0.121. The van der Waals surface area contributed by atoms with Crippen LogP contribution in [-0.4, -0.2) is 33.5 Å². The molecule has 0 aliphatic heterocycles. The van der Waals surface area contributed by atoms with E-state index in [1.807, 2.05) is 0 Å². The molecule has 0 saturated heterocycles. The van der Waals surface area contributed by atoms with E-state index in [0.29, 0.717) is 29.2 Å². The number of ether oxygens (including phenoxy) is 3. The molecule has 1 rings (SSSR count). The first-order valence-corrected chi connectivity index (χ1v) is 8.78. The highest BCUT2D eigenvalue weighted by atomic mass is 16.5. The normalized spacial score (nSPS) is 10.7.